The Labute approximate surface area is 106 Å². The summed E-state index contributed by atoms with van der Waals surface area (Å²) in [5.41, 5.74) is 0. The third-order valence-corrected chi connectivity index (χ3v) is 4.34. The summed E-state index contributed by atoms with van der Waals surface area (Å²) in [6.07, 6.45) is 8.27. The van der Waals surface area contributed by atoms with Crippen LogP contribution in [-0.4, -0.2) is 50.8 Å². The van der Waals surface area contributed by atoms with Crippen molar-refractivity contribution >= 4 is 0 Å². The van der Waals surface area contributed by atoms with Gasteiger partial charge in [0.15, 0.2) is 0 Å². The van der Waals surface area contributed by atoms with Crippen LogP contribution >= 0.6 is 0 Å². The van der Waals surface area contributed by atoms with E-state index >= 15 is 0 Å². The molecule has 17 heavy (non-hydrogen) atoms. The van der Waals surface area contributed by atoms with Crippen molar-refractivity contribution in [3.05, 3.63) is 0 Å². The van der Waals surface area contributed by atoms with Crippen LogP contribution in [0, 0.1) is 5.92 Å². The summed E-state index contributed by atoms with van der Waals surface area (Å²) in [7, 11) is 1.78. The minimum Gasteiger partial charge on any atom is -0.385 e. The number of fused-ring (bicyclic) bond motifs is 1. The van der Waals surface area contributed by atoms with Crippen LogP contribution in [0.4, 0.5) is 0 Å². The Morgan fingerprint density at radius 2 is 2.06 bits per heavy atom. The van der Waals surface area contributed by atoms with Gasteiger partial charge in [-0.15, -0.1) is 0 Å². The highest BCUT2D eigenvalue weighted by Crippen LogP contribution is 2.30. The largest absolute Gasteiger partial charge is 0.385 e. The van der Waals surface area contributed by atoms with Crippen molar-refractivity contribution < 1.29 is 4.74 Å². The van der Waals surface area contributed by atoms with Crippen molar-refractivity contribution in [1.29, 1.82) is 0 Å². The molecule has 2 aliphatic rings. The molecule has 2 aliphatic heterocycles. The fourth-order valence-corrected chi connectivity index (χ4v) is 3.44. The lowest BCUT2D eigenvalue weighted by atomic mass is 9.83. The molecule has 3 heteroatoms. The maximum Gasteiger partial charge on any atom is 0.0474 e. The van der Waals surface area contributed by atoms with E-state index in [0.29, 0.717) is 0 Å². The lowest BCUT2D eigenvalue weighted by Crippen LogP contribution is -2.50. The smallest absolute Gasteiger partial charge is 0.0474 e. The quantitative estimate of drug-likeness (QED) is 0.717. The molecule has 0 aromatic carbocycles. The maximum absolute atomic E-state index is 5.07. The summed E-state index contributed by atoms with van der Waals surface area (Å²) < 4.78 is 5.07. The van der Waals surface area contributed by atoms with Crippen LogP contribution in [0.15, 0.2) is 0 Å². The van der Waals surface area contributed by atoms with Crippen molar-refractivity contribution in [1.82, 2.24) is 10.2 Å². The lowest BCUT2D eigenvalue weighted by Gasteiger charge is -2.44. The molecule has 0 saturated carbocycles. The van der Waals surface area contributed by atoms with E-state index in [1.807, 2.05) is 0 Å². The topological polar surface area (TPSA) is 24.5 Å². The summed E-state index contributed by atoms with van der Waals surface area (Å²) >= 11 is 0. The van der Waals surface area contributed by atoms with Gasteiger partial charge in [0.1, 0.15) is 0 Å². The molecule has 0 aliphatic carbocycles. The molecule has 1 N–H and O–H groups in total. The fourth-order valence-electron chi connectivity index (χ4n) is 3.44. The van der Waals surface area contributed by atoms with E-state index in [2.05, 4.69) is 10.2 Å². The van der Waals surface area contributed by atoms with Gasteiger partial charge < -0.3 is 15.0 Å². The predicted octanol–water partition coefficient (Wildman–Crippen LogP) is 1.88. The first kappa shape index (κ1) is 13.3. The second-order valence-corrected chi connectivity index (χ2v) is 5.55. The SMILES string of the molecule is COCCCNC[C@@H]1CCCN2CCCC[C@@H]12. The summed E-state index contributed by atoms with van der Waals surface area (Å²) in [5.74, 6) is 0.895. The van der Waals surface area contributed by atoms with Gasteiger partial charge in [-0.25, -0.2) is 0 Å². The van der Waals surface area contributed by atoms with Crippen molar-refractivity contribution in [3.63, 3.8) is 0 Å². The molecule has 0 spiro atoms. The van der Waals surface area contributed by atoms with Gasteiger partial charge in [-0.1, -0.05) is 6.42 Å². The predicted molar refractivity (Wildman–Crippen MR) is 71.3 cm³/mol. The average Bonchev–Trinajstić information content (AvgIpc) is 2.39. The van der Waals surface area contributed by atoms with Gasteiger partial charge in [0.05, 0.1) is 0 Å². The zero-order chi connectivity index (χ0) is 11.9. The zero-order valence-electron chi connectivity index (χ0n) is 11.3. The molecular formula is C14H28N2O. The Kier molecular flexibility index (Phi) is 5.75. The third kappa shape index (κ3) is 3.94. The molecule has 0 aromatic rings. The molecule has 2 saturated heterocycles. The first-order valence-electron chi connectivity index (χ1n) is 7.35. The highest BCUT2D eigenvalue weighted by atomic mass is 16.5. The van der Waals surface area contributed by atoms with Gasteiger partial charge in [-0.3, -0.25) is 0 Å². The minimum absolute atomic E-state index is 0.882. The Balaban J connectivity index is 1.67. The maximum atomic E-state index is 5.07. The number of methoxy groups -OCH3 is 1. The summed E-state index contributed by atoms with van der Waals surface area (Å²) in [4.78, 5) is 2.74. The number of nitrogens with one attached hydrogen (secondary N) is 1. The van der Waals surface area contributed by atoms with E-state index < -0.39 is 0 Å². The third-order valence-electron chi connectivity index (χ3n) is 4.34. The summed E-state index contributed by atoms with van der Waals surface area (Å²) in [5, 5.41) is 3.62. The first-order chi connectivity index (χ1) is 8.42. The van der Waals surface area contributed by atoms with E-state index in [1.165, 1.54) is 51.7 Å². The number of hydrogen-bond acceptors (Lipinski definition) is 3. The molecule has 2 rings (SSSR count). The van der Waals surface area contributed by atoms with Crippen LogP contribution in [0.25, 0.3) is 0 Å². The van der Waals surface area contributed by atoms with Crippen LogP contribution in [0.2, 0.25) is 0 Å². The second kappa shape index (κ2) is 7.34. The minimum atomic E-state index is 0.882. The van der Waals surface area contributed by atoms with Gasteiger partial charge in [-0.05, 0) is 64.2 Å². The van der Waals surface area contributed by atoms with Gasteiger partial charge in [0, 0.05) is 19.8 Å². The molecule has 2 fully saturated rings. The fraction of sp³-hybridized carbons (Fsp3) is 1.00. The van der Waals surface area contributed by atoms with Crippen LogP contribution in [0.3, 0.4) is 0 Å². The molecule has 0 unspecified atom stereocenters. The Hall–Kier alpha value is -0.120. The number of rotatable bonds is 6. The first-order valence-corrected chi connectivity index (χ1v) is 7.35. The van der Waals surface area contributed by atoms with E-state index in [0.717, 1.165) is 31.5 Å². The van der Waals surface area contributed by atoms with Crippen LogP contribution in [0.5, 0.6) is 0 Å². The van der Waals surface area contributed by atoms with Gasteiger partial charge in [0.25, 0.3) is 0 Å². The normalized spacial score (nSPS) is 30.2. The molecular weight excluding hydrogens is 212 g/mol. The zero-order valence-corrected chi connectivity index (χ0v) is 11.3. The average molecular weight is 240 g/mol. The van der Waals surface area contributed by atoms with Gasteiger partial charge in [0.2, 0.25) is 0 Å². The summed E-state index contributed by atoms with van der Waals surface area (Å²) in [6, 6.07) is 0.882. The van der Waals surface area contributed by atoms with Crippen LogP contribution < -0.4 is 5.32 Å². The van der Waals surface area contributed by atoms with Crippen molar-refractivity contribution in [2.24, 2.45) is 5.92 Å². The number of ether oxygens (including phenoxy) is 1. The molecule has 0 aromatic heterocycles. The molecule has 100 valence electrons. The van der Waals surface area contributed by atoms with E-state index in [9.17, 15) is 0 Å². The van der Waals surface area contributed by atoms with Crippen molar-refractivity contribution in [3.8, 4) is 0 Å². The standard InChI is InChI=1S/C14H28N2O/c1-17-11-5-8-15-12-13-6-4-10-16-9-3-2-7-14(13)16/h13-15H,2-12H2,1H3/t13-,14-/m0/s1. The van der Waals surface area contributed by atoms with E-state index in [-0.39, 0.29) is 0 Å². The molecule has 3 nitrogen and oxygen atoms in total. The van der Waals surface area contributed by atoms with Crippen molar-refractivity contribution in [2.45, 2.75) is 44.6 Å². The number of piperidine rings is 2. The van der Waals surface area contributed by atoms with Gasteiger partial charge in [-0.2, -0.15) is 0 Å². The highest BCUT2D eigenvalue weighted by Gasteiger charge is 2.32. The van der Waals surface area contributed by atoms with Crippen LogP contribution in [-0.2, 0) is 4.74 Å². The van der Waals surface area contributed by atoms with Gasteiger partial charge >= 0.3 is 0 Å². The molecule has 2 atom stereocenters. The second-order valence-electron chi connectivity index (χ2n) is 5.55. The van der Waals surface area contributed by atoms with Crippen molar-refractivity contribution in [2.75, 3.05) is 39.9 Å². The monoisotopic (exact) mass is 240 g/mol. The highest BCUT2D eigenvalue weighted by molar-refractivity contribution is 4.87. The van der Waals surface area contributed by atoms with E-state index in [4.69, 9.17) is 4.74 Å². The lowest BCUT2D eigenvalue weighted by molar-refractivity contribution is 0.0593. The Bertz CT molecular complexity index is 208. The van der Waals surface area contributed by atoms with Crippen LogP contribution in [0.1, 0.15) is 38.5 Å². The number of nitrogens with zero attached hydrogens (tertiary/aromatic N) is 1. The molecule has 2 heterocycles. The van der Waals surface area contributed by atoms with E-state index in [1.54, 1.807) is 7.11 Å². The molecule has 0 bridgehead atoms. The summed E-state index contributed by atoms with van der Waals surface area (Å²) in [6.45, 7) is 5.91. The molecule has 0 radical (unpaired) electrons. The molecule has 0 amide bonds. The Morgan fingerprint density at radius 3 is 2.94 bits per heavy atom. The number of hydrogen-bond donors (Lipinski definition) is 1. The Morgan fingerprint density at radius 1 is 1.18 bits per heavy atom.